The number of anilines is 1. The van der Waals surface area contributed by atoms with E-state index in [0.29, 0.717) is 5.56 Å². The topological polar surface area (TPSA) is 90.0 Å². The Morgan fingerprint density at radius 3 is 2.65 bits per heavy atom. The van der Waals surface area contributed by atoms with Crippen LogP contribution in [-0.4, -0.2) is 22.4 Å². The van der Waals surface area contributed by atoms with E-state index in [0.717, 1.165) is 17.7 Å². The molecule has 0 aliphatic heterocycles. The Balaban J connectivity index is 2.23. The van der Waals surface area contributed by atoms with E-state index < -0.39 is 30.1 Å². The second-order valence-electron chi connectivity index (χ2n) is 5.94. The molecule has 0 radical (unpaired) electrons. The van der Waals surface area contributed by atoms with Crippen LogP contribution in [0.4, 0.5) is 18.9 Å². The van der Waals surface area contributed by atoms with Crippen molar-refractivity contribution in [2.24, 2.45) is 0 Å². The number of nitrogens with two attached hydrogens (primary N) is 1. The fraction of sp³-hybridized carbons (Fsp3) is 0.353. The van der Waals surface area contributed by atoms with Gasteiger partial charge in [0.25, 0.3) is 17.4 Å². The zero-order chi connectivity index (χ0) is 19.5. The minimum Gasteiger partial charge on any atom is -0.399 e. The lowest BCUT2D eigenvalue weighted by Crippen LogP contribution is -2.31. The van der Waals surface area contributed by atoms with Gasteiger partial charge >= 0.3 is 0 Å². The minimum absolute atomic E-state index is 0.0881. The molecule has 1 amide bonds. The maximum absolute atomic E-state index is 13.5. The fourth-order valence-electron chi connectivity index (χ4n) is 2.34. The van der Waals surface area contributed by atoms with Crippen LogP contribution in [0.1, 0.15) is 41.5 Å². The number of benzene rings is 1. The van der Waals surface area contributed by atoms with E-state index >= 15 is 0 Å². The third kappa shape index (κ3) is 4.62. The van der Waals surface area contributed by atoms with Crippen LogP contribution < -0.4 is 16.6 Å². The van der Waals surface area contributed by atoms with Gasteiger partial charge in [0.15, 0.2) is 0 Å². The first kappa shape index (κ1) is 19.5. The number of amides is 1. The lowest BCUT2D eigenvalue weighted by atomic mass is 10.0. The highest BCUT2D eigenvalue weighted by Crippen LogP contribution is 2.31. The van der Waals surface area contributed by atoms with Crippen molar-refractivity contribution in [2.75, 3.05) is 12.4 Å². The van der Waals surface area contributed by atoms with Gasteiger partial charge in [0.2, 0.25) is 0 Å². The van der Waals surface area contributed by atoms with Crippen LogP contribution in [0.25, 0.3) is 0 Å². The largest absolute Gasteiger partial charge is 0.399 e. The summed E-state index contributed by atoms with van der Waals surface area (Å²) < 4.78 is 40.4. The highest BCUT2D eigenvalue weighted by molar-refractivity contribution is 5.92. The number of nitrogen functional groups attached to an aromatic ring is 1. The first-order valence-corrected chi connectivity index (χ1v) is 7.85. The average Bonchev–Trinajstić information content (AvgIpc) is 2.55. The molecule has 9 heteroatoms. The van der Waals surface area contributed by atoms with Crippen LogP contribution >= 0.6 is 0 Å². The van der Waals surface area contributed by atoms with Gasteiger partial charge in [0.1, 0.15) is 12.4 Å². The molecule has 1 heterocycles. The van der Waals surface area contributed by atoms with Crippen LogP contribution in [0.15, 0.2) is 35.1 Å². The first-order chi connectivity index (χ1) is 12.1. The monoisotopic (exact) mass is 368 g/mol. The van der Waals surface area contributed by atoms with Gasteiger partial charge in [-0.1, -0.05) is 0 Å². The predicted octanol–water partition coefficient (Wildman–Crippen LogP) is 2.40. The third-order valence-electron chi connectivity index (χ3n) is 3.73. The number of carbonyl (C=O) groups excluding carboxylic acids is 1. The van der Waals surface area contributed by atoms with E-state index in [2.05, 4.69) is 10.4 Å². The molecule has 0 saturated carbocycles. The lowest BCUT2D eigenvalue weighted by molar-refractivity contribution is 0.0174. The van der Waals surface area contributed by atoms with Crippen molar-refractivity contribution in [3.8, 4) is 0 Å². The summed E-state index contributed by atoms with van der Waals surface area (Å²) in [5, 5.41) is 6.39. The lowest BCUT2D eigenvalue weighted by Gasteiger charge is -2.18. The number of halogens is 3. The first-order valence-electron chi connectivity index (χ1n) is 7.85. The van der Waals surface area contributed by atoms with E-state index in [1.807, 2.05) is 0 Å². The Hall–Kier alpha value is -2.84. The smallest absolute Gasteiger partial charge is 0.272 e. The normalized spacial score (nSPS) is 12.7. The van der Waals surface area contributed by atoms with Crippen molar-refractivity contribution in [2.45, 2.75) is 32.4 Å². The molecule has 0 unspecified atom stereocenters. The number of nitrogens with one attached hydrogen (secondary N) is 1. The van der Waals surface area contributed by atoms with Gasteiger partial charge in [-0.3, -0.25) is 9.59 Å². The summed E-state index contributed by atoms with van der Waals surface area (Å²) in [6.07, 6.45) is 0. The molecule has 1 aromatic carbocycles. The van der Waals surface area contributed by atoms with Crippen molar-refractivity contribution >= 4 is 11.6 Å². The molecule has 3 N–H and O–H groups in total. The Kier molecular flexibility index (Phi) is 5.69. The predicted molar refractivity (Wildman–Crippen MR) is 90.8 cm³/mol. The number of carbonyl (C=O) groups is 1. The Labute approximate surface area is 147 Å². The number of aromatic nitrogens is 2. The van der Waals surface area contributed by atoms with Crippen LogP contribution in [0.3, 0.4) is 0 Å². The van der Waals surface area contributed by atoms with Gasteiger partial charge in [0, 0.05) is 24.2 Å². The van der Waals surface area contributed by atoms with Gasteiger partial charge in [-0.05, 0) is 36.8 Å². The van der Waals surface area contributed by atoms with E-state index in [-0.39, 0.29) is 23.5 Å². The molecule has 6 nitrogen and oxygen atoms in total. The van der Waals surface area contributed by atoms with Crippen LogP contribution in [0.5, 0.6) is 0 Å². The highest BCUT2D eigenvalue weighted by atomic mass is 19.3. The van der Waals surface area contributed by atoms with Gasteiger partial charge in [-0.25, -0.2) is 17.9 Å². The summed E-state index contributed by atoms with van der Waals surface area (Å²) in [4.78, 5) is 23.8. The Morgan fingerprint density at radius 1 is 1.35 bits per heavy atom. The van der Waals surface area contributed by atoms with E-state index in [1.54, 1.807) is 6.92 Å². The van der Waals surface area contributed by atoms with Gasteiger partial charge in [-0.2, -0.15) is 5.10 Å². The summed E-state index contributed by atoms with van der Waals surface area (Å²) in [6, 6.07) is 5.60. The number of hydrogen-bond acceptors (Lipinski definition) is 4. The second-order valence-corrected chi connectivity index (χ2v) is 5.94. The summed E-state index contributed by atoms with van der Waals surface area (Å²) in [5.41, 5.74) is 5.34. The molecule has 2 aromatic rings. The SMILES string of the molecule is C[C@@H](NC(=O)c1ccc(=O)n(CCF)n1)c1cc(N)cc(C(C)(F)F)c1. The molecule has 2 rings (SSSR count). The molecule has 0 aliphatic rings. The quantitative estimate of drug-likeness (QED) is 0.766. The molecular weight excluding hydrogens is 349 g/mol. The van der Waals surface area contributed by atoms with Gasteiger partial charge in [-0.15, -0.1) is 0 Å². The fourth-order valence-corrected chi connectivity index (χ4v) is 2.34. The van der Waals surface area contributed by atoms with Gasteiger partial charge in [0.05, 0.1) is 12.6 Å². The molecule has 0 bridgehead atoms. The van der Waals surface area contributed by atoms with Crippen molar-refractivity contribution < 1.29 is 18.0 Å². The van der Waals surface area contributed by atoms with E-state index in [4.69, 9.17) is 5.73 Å². The zero-order valence-corrected chi connectivity index (χ0v) is 14.3. The molecule has 140 valence electrons. The molecule has 1 aromatic heterocycles. The third-order valence-corrected chi connectivity index (χ3v) is 3.73. The molecule has 0 spiro atoms. The average molecular weight is 368 g/mol. The maximum atomic E-state index is 13.5. The van der Waals surface area contributed by atoms with Crippen LogP contribution in [0, 0.1) is 0 Å². The number of aryl methyl sites for hydroxylation is 1. The van der Waals surface area contributed by atoms with Crippen molar-refractivity contribution in [3.63, 3.8) is 0 Å². The Morgan fingerprint density at radius 2 is 2.04 bits per heavy atom. The summed E-state index contributed by atoms with van der Waals surface area (Å²) >= 11 is 0. The molecule has 26 heavy (non-hydrogen) atoms. The summed E-state index contributed by atoms with van der Waals surface area (Å²) in [5.74, 6) is -3.70. The number of hydrogen-bond donors (Lipinski definition) is 2. The summed E-state index contributed by atoms with van der Waals surface area (Å²) in [6.45, 7) is 1.29. The van der Waals surface area contributed by atoms with Crippen LogP contribution in [0.2, 0.25) is 0 Å². The molecule has 1 atom stereocenters. The molecular formula is C17H19F3N4O2. The Bertz CT molecular complexity index is 862. The molecule has 0 saturated heterocycles. The zero-order valence-electron chi connectivity index (χ0n) is 14.3. The van der Waals surface area contributed by atoms with Crippen molar-refractivity contribution in [3.05, 3.63) is 57.5 Å². The standard InChI is InChI=1S/C17H19F3N4O2/c1-10(11-7-12(17(2,19)20)9-13(21)8-11)22-16(26)14-3-4-15(25)24(23-14)6-5-18/h3-4,7-10H,5-6,21H2,1-2H3,(H,22,26)/t10-/m1/s1. The van der Waals surface area contributed by atoms with E-state index in [1.165, 1.54) is 24.3 Å². The number of nitrogens with zero attached hydrogens (tertiary/aromatic N) is 2. The maximum Gasteiger partial charge on any atom is 0.272 e. The van der Waals surface area contributed by atoms with E-state index in [9.17, 15) is 22.8 Å². The van der Waals surface area contributed by atoms with Crippen molar-refractivity contribution in [1.82, 2.24) is 15.1 Å². The molecule has 0 fully saturated rings. The minimum atomic E-state index is -3.07. The molecule has 0 aliphatic carbocycles. The highest BCUT2D eigenvalue weighted by Gasteiger charge is 2.26. The summed E-state index contributed by atoms with van der Waals surface area (Å²) in [7, 11) is 0. The number of alkyl halides is 3. The van der Waals surface area contributed by atoms with Crippen LogP contribution in [-0.2, 0) is 12.5 Å². The second kappa shape index (κ2) is 7.59. The van der Waals surface area contributed by atoms with Gasteiger partial charge < -0.3 is 11.1 Å². The number of rotatable bonds is 6. The van der Waals surface area contributed by atoms with Crippen molar-refractivity contribution in [1.29, 1.82) is 0 Å².